The molecule has 1 atom stereocenters. The Bertz CT molecular complexity index is 205. The van der Waals surface area contributed by atoms with Gasteiger partial charge in [-0.25, -0.2) is 4.98 Å². The topological polar surface area (TPSA) is 12.9 Å². The van der Waals surface area contributed by atoms with Gasteiger partial charge in [-0.15, -0.1) is 11.3 Å². The highest BCUT2D eigenvalue weighted by Crippen LogP contribution is 2.21. The second-order valence-electron chi connectivity index (χ2n) is 2.64. The van der Waals surface area contributed by atoms with Crippen LogP contribution < -0.4 is 0 Å². The lowest BCUT2D eigenvalue weighted by Gasteiger charge is -2.00. The summed E-state index contributed by atoms with van der Waals surface area (Å²) in [5.41, 5.74) is 1.15. The molecule has 0 aliphatic carbocycles. The van der Waals surface area contributed by atoms with Crippen molar-refractivity contribution in [3.63, 3.8) is 0 Å². The molecule has 1 aromatic rings. The van der Waals surface area contributed by atoms with E-state index in [2.05, 4.69) is 24.2 Å². The normalized spacial score (nSPS) is 13.5. The van der Waals surface area contributed by atoms with E-state index in [4.69, 9.17) is 0 Å². The quantitative estimate of drug-likeness (QED) is 0.640. The third-order valence-corrected chi connectivity index (χ3v) is 2.86. The van der Waals surface area contributed by atoms with Gasteiger partial charge in [0.25, 0.3) is 0 Å². The van der Waals surface area contributed by atoms with E-state index in [0.29, 0.717) is 5.92 Å². The van der Waals surface area contributed by atoms with Gasteiger partial charge in [0, 0.05) is 17.0 Å². The van der Waals surface area contributed by atoms with Gasteiger partial charge in [0.05, 0.1) is 5.01 Å². The molecule has 0 saturated carbocycles. The Morgan fingerprint density at radius 2 is 2.40 bits per heavy atom. The first-order valence-corrected chi connectivity index (χ1v) is 4.54. The van der Waals surface area contributed by atoms with Crippen LogP contribution in [0.3, 0.4) is 0 Å². The van der Waals surface area contributed by atoms with Crippen molar-refractivity contribution in [3.8, 4) is 0 Å². The van der Waals surface area contributed by atoms with Crippen LogP contribution >= 0.6 is 11.3 Å². The van der Waals surface area contributed by atoms with E-state index in [9.17, 15) is 0 Å². The van der Waals surface area contributed by atoms with Gasteiger partial charge in [0.15, 0.2) is 0 Å². The Hall–Kier alpha value is -0.370. The van der Waals surface area contributed by atoms with Crippen LogP contribution in [0.2, 0.25) is 0 Å². The summed E-state index contributed by atoms with van der Waals surface area (Å²) >= 11 is 1.77. The molecule has 0 radical (unpaired) electrons. The number of hydrogen-bond acceptors (Lipinski definition) is 2. The maximum absolute atomic E-state index is 4.40. The van der Waals surface area contributed by atoms with Crippen molar-refractivity contribution < 1.29 is 0 Å². The Morgan fingerprint density at radius 1 is 1.70 bits per heavy atom. The minimum Gasteiger partial charge on any atom is -0.246 e. The minimum atomic E-state index is 0.638. The molecule has 0 spiro atoms. The molecule has 1 rings (SSSR count). The number of thiazole rings is 1. The molecule has 1 heterocycles. The molecule has 1 aromatic heterocycles. The van der Waals surface area contributed by atoms with Crippen molar-refractivity contribution in [2.45, 2.75) is 33.1 Å². The molecule has 0 aromatic carbocycles. The Morgan fingerprint density at radius 3 is 2.80 bits per heavy atom. The Labute approximate surface area is 66.1 Å². The first-order valence-electron chi connectivity index (χ1n) is 3.66. The first-order chi connectivity index (χ1) is 4.74. The van der Waals surface area contributed by atoms with E-state index in [-0.39, 0.29) is 0 Å². The highest BCUT2D eigenvalue weighted by molar-refractivity contribution is 7.09. The van der Waals surface area contributed by atoms with Crippen molar-refractivity contribution in [1.82, 2.24) is 4.98 Å². The molecular formula is C8H13NS. The number of nitrogens with zero attached hydrogens (tertiary/aromatic N) is 1. The molecule has 0 aliphatic heterocycles. The molecule has 56 valence electrons. The minimum absolute atomic E-state index is 0.638. The van der Waals surface area contributed by atoms with Crippen molar-refractivity contribution >= 4 is 11.3 Å². The predicted octanol–water partition coefficient (Wildman–Crippen LogP) is 2.97. The number of aromatic nitrogens is 1. The van der Waals surface area contributed by atoms with Gasteiger partial charge >= 0.3 is 0 Å². The lowest BCUT2D eigenvalue weighted by Crippen LogP contribution is -1.88. The van der Waals surface area contributed by atoms with E-state index >= 15 is 0 Å². The SMILES string of the molecule is CC[C@@H](C)c1nc(C)cs1. The van der Waals surface area contributed by atoms with Gasteiger partial charge in [-0.05, 0) is 13.3 Å². The molecule has 0 bridgehead atoms. The number of aryl methyl sites for hydroxylation is 1. The van der Waals surface area contributed by atoms with Gasteiger partial charge in [-0.2, -0.15) is 0 Å². The van der Waals surface area contributed by atoms with Crippen molar-refractivity contribution in [3.05, 3.63) is 16.1 Å². The molecule has 0 aliphatic rings. The fourth-order valence-electron chi connectivity index (χ4n) is 0.773. The fraction of sp³-hybridized carbons (Fsp3) is 0.625. The van der Waals surface area contributed by atoms with Gasteiger partial charge < -0.3 is 0 Å². The van der Waals surface area contributed by atoms with Gasteiger partial charge in [-0.3, -0.25) is 0 Å². The summed E-state index contributed by atoms with van der Waals surface area (Å²) in [6, 6.07) is 0. The smallest absolute Gasteiger partial charge is 0.0956 e. The van der Waals surface area contributed by atoms with E-state index in [1.54, 1.807) is 11.3 Å². The summed E-state index contributed by atoms with van der Waals surface area (Å²) in [7, 11) is 0. The summed E-state index contributed by atoms with van der Waals surface area (Å²) in [5.74, 6) is 0.638. The van der Waals surface area contributed by atoms with Crippen LogP contribution in [0.15, 0.2) is 5.38 Å². The lowest BCUT2D eigenvalue weighted by atomic mass is 10.1. The maximum Gasteiger partial charge on any atom is 0.0956 e. The van der Waals surface area contributed by atoms with Gasteiger partial charge in [0.1, 0.15) is 0 Å². The van der Waals surface area contributed by atoms with Crippen LogP contribution in [0, 0.1) is 6.92 Å². The van der Waals surface area contributed by atoms with Crippen LogP contribution in [0.5, 0.6) is 0 Å². The van der Waals surface area contributed by atoms with E-state index in [0.717, 1.165) is 5.69 Å². The Kier molecular flexibility index (Phi) is 2.44. The van der Waals surface area contributed by atoms with Crippen molar-refractivity contribution in [2.75, 3.05) is 0 Å². The molecule has 1 nitrogen and oxygen atoms in total. The maximum atomic E-state index is 4.40. The van der Waals surface area contributed by atoms with Crippen LogP contribution in [0.1, 0.15) is 36.9 Å². The molecule has 0 fully saturated rings. The molecule has 2 heteroatoms. The highest BCUT2D eigenvalue weighted by Gasteiger charge is 2.05. The summed E-state index contributed by atoms with van der Waals surface area (Å²) in [5, 5.41) is 3.39. The standard InChI is InChI=1S/C8H13NS/c1-4-6(2)8-9-7(3)5-10-8/h5-6H,4H2,1-3H3/t6-/m1/s1. The van der Waals surface area contributed by atoms with Crippen LogP contribution in [-0.4, -0.2) is 4.98 Å². The van der Waals surface area contributed by atoms with E-state index in [1.165, 1.54) is 11.4 Å². The number of hydrogen-bond donors (Lipinski definition) is 0. The fourth-order valence-corrected chi connectivity index (χ4v) is 1.71. The van der Waals surface area contributed by atoms with Gasteiger partial charge in [-0.1, -0.05) is 13.8 Å². The zero-order chi connectivity index (χ0) is 7.56. The molecule has 0 saturated heterocycles. The van der Waals surface area contributed by atoms with Crippen LogP contribution in [0.25, 0.3) is 0 Å². The second-order valence-corrected chi connectivity index (χ2v) is 3.53. The summed E-state index contributed by atoms with van der Waals surface area (Å²) in [6.45, 7) is 6.46. The zero-order valence-corrected chi connectivity index (χ0v) is 7.53. The van der Waals surface area contributed by atoms with Crippen LogP contribution in [0.4, 0.5) is 0 Å². The third-order valence-electron chi connectivity index (χ3n) is 1.67. The summed E-state index contributed by atoms with van der Waals surface area (Å²) in [6.07, 6.45) is 1.19. The monoisotopic (exact) mass is 155 g/mol. The second kappa shape index (κ2) is 3.15. The lowest BCUT2D eigenvalue weighted by molar-refractivity contribution is 0.724. The molecule has 0 N–H and O–H groups in total. The van der Waals surface area contributed by atoms with Crippen molar-refractivity contribution in [2.24, 2.45) is 0 Å². The molecule has 0 unspecified atom stereocenters. The van der Waals surface area contributed by atoms with Crippen molar-refractivity contribution in [1.29, 1.82) is 0 Å². The molecular weight excluding hydrogens is 142 g/mol. The Balaban J connectivity index is 2.74. The summed E-state index contributed by atoms with van der Waals surface area (Å²) < 4.78 is 0. The highest BCUT2D eigenvalue weighted by atomic mass is 32.1. The molecule has 10 heavy (non-hydrogen) atoms. The third kappa shape index (κ3) is 1.57. The first kappa shape index (κ1) is 7.73. The average Bonchev–Trinajstić information content (AvgIpc) is 2.34. The molecule has 0 amide bonds. The zero-order valence-electron chi connectivity index (χ0n) is 6.72. The average molecular weight is 155 g/mol. The van der Waals surface area contributed by atoms with E-state index < -0.39 is 0 Å². The number of rotatable bonds is 2. The largest absolute Gasteiger partial charge is 0.246 e. The van der Waals surface area contributed by atoms with E-state index in [1.807, 2.05) is 6.92 Å². The van der Waals surface area contributed by atoms with Crippen LogP contribution in [-0.2, 0) is 0 Å². The van der Waals surface area contributed by atoms with Gasteiger partial charge in [0.2, 0.25) is 0 Å². The predicted molar refractivity (Wildman–Crippen MR) is 45.6 cm³/mol. The summed E-state index contributed by atoms with van der Waals surface area (Å²) in [4.78, 5) is 4.40.